The molecule has 7 heteroatoms. The molecule has 0 saturated heterocycles. The number of hydrogen-bond donors (Lipinski definition) is 0. The van der Waals surface area contributed by atoms with Crippen LogP contribution in [0.15, 0.2) is 17.2 Å². The molecule has 2 rings (SSSR count). The van der Waals surface area contributed by atoms with E-state index >= 15 is 0 Å². The van der Waals surface area contributed by atoms with Crippen LogP contribution in [0.2, 0.25) is 15.1 Å². The zero-order chi connectivity index (χ0) is 13.4. The average Bonchev–Trinajstić information content (AvgIpc) is 2.59. The molecule has 1 amide bonds. The molecule has 0 aromatic heterocycles. The highest BCUT2D eigenvalue weighted by molar-refractivity contribution is 6.46. The quantitative estimate of drug-likeness (QED) is 0.841. The predicted molar refractivity (Wildman–Crippen MR) is 71.7 cm³/mol. The van der Waals surface area contributed by atoms with E-state index in [1.807, 2.05) is 0 Å². The SMILES string of the molecule is CC(=O)C1=NN(c2c(Cl)cc(Cl)cc2Cl)C(=O)C1. The highest BCUT2D eigenvalue weighted by Gasteiger charge is 2.30. The van der Waals surface area contributed by atoms with Crippen molar-refractivity contribution in [3.05, 3.63) is 27.2 Å². The van der Waals surface area contributed by atoms with Crippen LogP contribution in [0.4, 0.5) is 5.69 Å². The van der Waals surface area contributed by atoms with Crippen molar-refractivity contribution in [3.8, 4) is 0 Å². The number of carbonyl (C=O) groups is 2. The highest BCUT2D eigenvalue weighted by Crippen LogP contribution is 2.38. The van der Waals surface area contributed by atoms with Crippen LogP contribution in [-0.2, 0) is 9.59 Å². The molecule has 0 spiro atoms. The minimum Gasteiger partial charge on any atom is -0.293 e. The zero-order valence-electron chi connectivity index (χ0n) is 9.21. The fourth-order valence-electron chi connectivity index (χ4n) is 1.54. The number of benzene rings is 1. The molecule has 18 heavy (non-hydrogen) atoms. The minimum absolute atomic E-state index is 0.0510. The summed E-state index contributed by atoms with van der Waals surface area (Å²) in [7, 11) is 0. The Hall–Kier alpha value is -1.10. The van der Waals surface area contributed by atoms with E-state index in [0.29, 0.717) is 5.02 Å². The number of anilines is 1. The molecule has 1 aliphatic heterocycles. The Labute approximate surface area is 118 Å². The van der Waals surface area contributed by atoms with Crippen LogP contribution in [0, 0.1) is 0 Å². The van der Waals surface area contributed by atoms with Crippen LogP contribution in [0.25, 0.3) is 0 Å². The van der Waals surface area contributed by atoms with E-state index in [4.69, 9.17) is 34.8 Å². The normalized spacial score (nSPS) is 15.0. The number of hydrazone groups is 1. The van der Waals surface area contributed by atoms with E-state index < -0.39 is 0 Å². The minimum atomic E-state index is -0.355. The van der Waals surface area contributed by atoms with E-state index in [1.54, 1.807) is 0 Å². The molecular weight excluding hydrogens is 298 g/mol. The molecule has 0 unspecified atom stereocenters. The molecule has 0 saturated carbocycles. The lowest BCUT2D eigenvalue weighted by molar-refractivity contribution is -0.117. The maximum absolute atomic E-state index is 11.8. The molecule has 4 nitrogen and oxygen atoms in total. The van der Waals surface area contributed by atoms with Gasteiger partial charge in [0.15, 0.2) is 5.78 Å². The Morgan fingerprint density at radius 1 is 1.28 bits per heavy atom. The van der Waals surface area contributed by atoms with Gasteiger partial charge < -0.3 is 0 Å². The number of hydrogen-bond acceptors (Lipinski definition) is 3. The van der Waals surface area contributed by atoms with Crippen LogP contribution < -0.4 is 5.01 Å². The van der Waals surface area contributed by atoms with Crippen molar-refractivity contribution in [1.29, 1.82) is 0 Å². The summed E-state index contributed by atoms with van der Waals surface area (Å²) in [5, 5.41) is 5.73. The van der Waals surface area contributed by atoms with Crippen molar-refractivity contribution in [2.45, 2.75) is 13.3 Å². The second kappa shape index (κ2) is 4.88. The summed E-state index contributed by atoms with van der Waals surface area (Å²) in [5.74, 6) is -0.613. The maximum atomic E-state index is 11.8. The van der Waals surface area contributed by atoms with Crippen molar-refractivity contribution in [3.63, 3.8) is 0 Å². The number of amides is 1. The fraction of sp³-hybridized carbons (Fsp3) is 0.182. The van der Waals surface area contributed by atoms with Crippen LogP contribution in [0.3, 0.4) is 0 Å². The summed E-state index contributed by atoms with van der Waals surface area (Å²) in [4.78, 5) is 23.0. The van der Waals surface area contributed by atoms with Gasteiger partial charge in [0.1, 0.15) is 11.4 Å². The summed E-state index contributed by atoms with van der Waals surface area (Å²) in [5.41, 5.74) is 0.422. The van der Waals surface area contributed by atoms with Crippen LogP contribution in [0.1, 0.15) is 13.3 Å². The first-order chi connectivity index (χ1) is 8.40. The third-order valence-electron chi connectivity index (χ3n) is 2.38. The Morgan fingerprint density at radius 3 is 2.28 bits per heavy atom. The standard InChI is InChI=1S/C11H7Cl3N2O2/c1-5(17)9-4-10(18)16(15-9)11-7(13)2-6(12)3-8(11)14/h2-3H,4H2,1H3. The topological polar surface area (TPSA) is 49.7 Å². The summed E-state index contributed by atoms with van der Waals surface area (Å²) >= 11 is 17.8. The lowest BCUT2D eigenvalue weighted by Crippen LogP contribution is -2.20. The van der Waals surface area contributed by atoms with Gasteiger partial charge in [-0.25, -0.2) is 0 Å². The molecule has 0 bridgehead atoms. The highest BCUT2D eigenvalue weighted by atomic mass is 35.5. The fourth-order valence-corrected chi connectivity index (χ4v) is 2.51. The van der Waals surface area contributed by atoms with E-state index in [0.717, 1.165) is 5.01 Å². The van der Waals surface area contributed by atoms with Gasteiger partial charge in [0.25, 0.3) is 5.91 Å². The molecule has 1 aromatic carbocycles. The van der Waals surface area contributed by atoms with Crippen molar-refractivity contribution >= 4 is 57.9 Å². The molecule has 1 aromatic rings. The number of rotatable bonds is 2. The Balaban J connectivity index is 2.50. The van der Waals surface area contributed by atoms with Gasteiger partial charge in [-0.15, -0.1) is 0 Å². The Bertz CT molecular complexity index is 561. The molecule has 0 atom stereocenters. The number of ketones is 1. The molecule has 0 fully saturated rings. The molecule has 0 aliphatic carbocycles. The second-order valence-corrected chi connectivity index (χ2v) is 4.95. The first-order valence-corrected chi connectivity index (χ1v) is 6.09. The van der Waals surface area contributed by atoms with Gasteiger partial charge in [0, 0.05) is 11.9 Å². The first kappa shape index (κ1) is 13.3. The van der Waals surface area contributed by atoms with Gasteiger partial charge in [-0.05, 0) is 12.1 Å². The molecule has 1 aliphatic rings. The van der Waals surface area contributed by atoms with Crippen LogP contribution in [-0.4, -0.2) is 17.4 Å². The van der Waals surface area contributed by atoms with Gasteiger partial charge >= 0.3 is 0 Å². The van der Waals surface area contributed by atoms with E-state index in [-0.39, 0.29) is 39.6 Å². The summed E-state index contributed by atoms with van der Waals surface area (Å²) < 4.78 is 0. The molecule has 1 heterocycles. The average molecular weight is 306 g/mol. The lowest BCUT2D eigenvalue weighted by atomic mass is 10.2. The van der Waals surface area contributed by atoms with Gasteiger partial charge in [-0.2, -0.15) is 10.1 Å². The first-order valence-electron chi connectivity index (χ1n) is 4.96. The summed E-state index contributed by atoms with van der Waals surface area (Å²) in [6.07, 6.45) is -0.0510. The Morgan fingerprint density at radius 2 is 1.83 bits per heavy atom. The second-order valence-electron chi connectivity index (χ2n) is 3.70. The number of nitrogens with zero attached hydrogens (tertiary/aromatic N) is 2. The molecule has 0 N–H and O–H groups in total. The molecule has 0 radical (unpaired) electrons. The molecule has 94 valence electrons. The number of halogens is 3. The van der Waals surface area contributed by atoms with Gasteiger partial charge in [-0.1, -0.05) is 34.8 Å². The number of Topliss-reactive ketones (excluding diaryl/α,β-unsaturated/α-hetero) is 1. The number of carbonyl (C=O) groups excluding carboxylic acids is 2. The van der Waals surface area contributed by atoms with Gasteiger partial charge in [0.05, 0.1) is 16.5 Å². The summed E-state index contributed by atoms with van der Waals surface area (Å²) in [6, 6.07) is 2.91. The third-order valence-corrected chi connectivity index (χ3v) is 3.17. The van der Waals surface area contributed by atoms with Crippen LogP contribution >= 0.6 is 34.8 Å². The summed E-state index contributed by atoms with van der Waals surface area (Å²) in [6.45, 7) is 1.35. The maximum Gasteiger partial charge on any atom is 0.253 e. The zero-order valence-corrected chi connectivity index (χ0v) is 11.5. The van der Waals surface area contributed by atoms with E-state index in [1.165, 1.54) is 19.1 Å². The van der Waals surface area contributed by atoms with Crippen LogP contribution in [0.5, 0.6) is 0 Å². The lowest BCUT2D eigenvalue weighted by Gasteiger charge is -2.15. The van der Waals surface area contributed by atoms with Gasteiger partial charge in [-0.3, -0.25) is 9.59 Å². The smallest absolute Gasteiger partial charge is 0.253 e. The Kier molecular flexibility index (Phi) is 3.61. The monoisotopic (exact) mass is 304 g/mol. The van der Waals surface area contributed by atoms with Crippen molar-refractivity contribution in [1.82, 2.24) is 0 Å². The van der Waals surface area contributed by atoms with Gasteiger partial charge in [0.2, 0.25) is 0 Å². The third kappa shape index (κ3) is 2.36. The van der Waals surface area contributed by atoms with Crippen molar-refractivity contribution < 1.29 is 9.59 Å². The predicted octanol–water partition coefficient (Wildman–Crippen LogP) is 3.33. The van der Waals surface area contributed by atoms with Crippen molar-refractivity contribution in [2.24, 2.45) is 5.10 Å². The molecular formula is C11H7Cl3N2O2. The van der Waals surface area contributed by atoms with Crippen molar-refractivity contribution in [2.75, 3.05) is 5.01 Å². The van der Waals surface area contributed by atoms with E-state index in [2.05, 4.69) is 5.10 Å². The van der Waals surface area contributed by atoms with E-state index in [9.17, 15) is 9.59 Å². The largest absolute Gasteiger partial charge is 0.293 e.